The predicted molar refractivity (Wildman–Crippen MR) is 106 cm³/mol. The van der Waals surface area contributed by atoms with Gasteiger partial charge in [0, 0.05) is 23.5 Å². The second-order valence-electron chi connectivity index (χ2n) is 6.32. The van der Waals surface area contributed by atoms with E-state index in [-0.39, 0.29) is 22.4 Å². The maximum Gasteiger partial charge on any atom is 0.422 e. The summed E-state index contributed by atoms with van der Waals surface area (Å²) in [6.45, 7) is 0.130. The van der Waals surface area contributed by atoms with E-state index in [4.69, 9.17) is 4.74 Å². The summed E-state index contributed by atoms with van der Waals surface area (Å²) in [5.41, 5.74) is 1.51. The van der Waals surface area contributed by atoms with Crippen molar-refractivity contribution in [2.24, 2.45) is 0 Å². The Hall–Kier alpha value is -3.14. The zero-order chi connectivity index (χ0) is 21.7. The normalized spacial score (nSPS) is 12.4. The van der Waals surface area contributed by atoms with Crippen LogP contribution in [0.25, 0.3) is 0 Å². The fourth-order valence-corrected chi connectivity index (χ4v) is 3.89. The molecule has 2 aromatic heterocycles. The fraction of sp³-hybridized carbons (Fsp3) is 0.200. The molecule has 0 aliphatic rings. The molecule has 1 atom stereocenters. The van der Waals surface area contributed by atoms with Crippen LogP contribution in [0.5, 0.6) is 5.75 Å². The molecule has 0 fully saturated rings. The Morgan fingerprint density at radius 2 is 1.93 bits per heavy atom. The highest BCUT2D eigenvalue weighted by Gasteiger charge is 2.29. The molecule has 2 N–H and O–H groups in total. The molecule has 10 heteroatoms. The number of carbonyl (C=O) groups is 1. The third kappa shape index (κ3) is 5.47. The molecule has 2 heterocycles. The number of nitrogens with one attached hydrogen (secondary N) is 2. The zero-order valence-electron chi connectivity index (χ0n) is 15.8. The van der Waals surface area contributed by atoms with Crippen LogP contribution in [0, 0.1) is 6.92 Å². The number of H-pyrrole nitrogens is 1. The SMILES string of the molecule is Cc1c(OCC(F)(F)F)ccnc1CS(=O)c1[nH]ccc1NC(=O)c1ccccc1. The van der Waals surface area contributed by atoms with Crippen LogP contribution in [-0.2, 0) is 16.6 Å². The molecule has 0 aliphatic heterocycles. The molecule has 30 heavy (non-hydrogen) atoms. The average molecular weight is 437 g/mol. The van der Waals surface area contributed by atoms with Crippen LogP contribution in [0.3, 0.4) is 0 Å². The Bertz CT molecular complexity index is 1050. The number of rotatable bonds is 7. The third-order valence-electron chi connectivity index (χ3n) is 4.14. The number of halogens is 3. The van der Waals surface area contributed by atoms with Crippen molar-refractivity contribution >= 4 is 22.4 Å². The molecule has 0 radical (unpaired) electrons. The molecule has 3 aromatic rings. The van der Waals surface area contributed by atoms with Crippen LogP contribution in [0.1, 0.15) is 21.6 Å². The van der Waals surface area contributed by atoms with Crippen molar-refractivity contribution in [1.82, 2.24) is 9.97 Å². The smallest absolute Gasteiger partial charge is 0.422 e. The summed E-state index contributed by atoms with van der Waals surface area (Å²) in [5, 5.41) is 2.98. The number of hydrogen-bond donors (Lipinski definition) is 2. The monoisotopic (exact) mass is 437 g/mol. The summed E-state index contributed by atoms with van der Waals surface area (Å²) in [7, 11) is -1.64. The lowest BCUT2D eigenvalue weighted by Crippen LogP contribution is -2.20. The van der Waals surface area contributed by atoms with Gasteiger partial charge in [0.15, 0.2) is 6.61 Å². The van der Waals surface area contributed by atoms with Crippen LogP contribution in [0.4, 0.5) is 18.9 Å². The van der Waals surface area contributed by atoms with E-state index in [1.807, 2.05) is 0 Å². The third-order valence-corrected chi connectivity index (χ3v) is 5.47. The number of amides is 1. The molecule has 0 saturated carbocycles. The summed E-state index contributed by atoms with van der Waals surface area (Å²) in [6.07, 6.45) is -1.62. The predicted octanol–water partition coefficient (Wildman–Crippen LogP) is 4.22. The van der Waals surface area contributed by atoms with Gasteiger partial charge in [-0.2, -0.15) is 13.2 Å². The quantitative estimate of drug-likeness (QED) is 0.580. The van der Waals surface area contributed by atoms with Crippen LogP contribution < -0.4 is 10.1 Å². The van der Waals surface area contributed by atoms with Crippen LogP contribution in [0.2, 0.25) is 0 Å². The Balaban J connectivity index is 1.73. The van der Waals surface area contributed by atoms with Gasteiger partial charge in [0.05, 0.1) is 27.9 Å². The highest BCUT2D eigenvalue weighted by atomic mass is 32.2. The Morgan fingerprint density at radius 3 is 2.63 bits per heavy atom. The first-order valence-corrected chi connectivity index (χ1v) is 10.1. The summed E-state index contributed by atoms with van der Waals surface area (Å²) in [4.78, 5) is 19.3. The molecule has 1 unspecified atom stereocenters. The van der Waals surface area contributed by atoms with Gasteiger partial charge < -0.3 is 15.0 Å². The van der Waals surface area contributed by atoms with Gasteiger partial charge in [-0.05, 0) is 31.2 Å². The molecule has 0 bridgehead atoms. The summed E-state index contributed by atoms with van der Waals surface area (Å²) >= 11 is 0. The van der Waals surface area contributed by atoms with E-state index in [0.717, 1.165) is 0 Å². The largest absolute Gasteiger partial charge is 0.484 e. The standard InChI is InChI=1S/C20H18F3N3O3S/c1-13-16(24-10-8-17(13)29-12-20(21,22)23)11-30(28)19-15(7-9-25-19)26-18(27)14-5-3-2-4-6-14/h2-10,25H,11-12H2,1H3,(H,26,27). The number of ether oxygens (including phenoxy) is 1. The van der Waals surface area contributed by atoms with E-state index in [1.54, 1.807) is 43.3 Å². The average Bonchev–Trinajstić information content (AvgIpc) is 3.17. The van der Waals surface area contributed by atoms with Gasteiger partial charge in [0.1, 0.15) is 10.8 Å². The Kier molecular flexibility index (Phi) is 6.56. The van der Waals surface area contributed by atoms with Crippen molar-refractivity contribution in [3.8, 4) is 5.75 Å². The molecule has 3 rings (SSSR count). The Morgan fingerprint density at radius 1 is 1.20 bits per heavy atom. The lowest BCUT2D eigenvalue weighted by molar-refractivity contribution is -0.153. The number of nitrogens with zero attached hydrogens (tertiary/aromatic N) is 1. The molecular formula is C20H18F3N3O3S. The maximum absolute atomic E-state index is 12.9. The second kappa shape index (κ2) is 9.12. The number of aromatic amines is 1. The van der Waals surface area contributed by atoms with Gasteiger partial charge >= 0.3 is 6.18 Å². The number of aromatic nitrogens is 2. The Labute approximate surface area is 172 Å². The number of carbonyl (C=O) groups excluding carboxylic acids is 1. The minimum absolute atomic E-state index is 0.0263. The molecule has 1 aromatic carbocycles. The van der Waals surface area contributed by atoms with E-state index < -0.39 is 23.6 Å². The van der Waals surface area contributed by atoms with E-state index in [2.05, 4.69) is 15.3 Å². The van der Waals surface area contributed by atoms with Gasteiger partial charge in [0.25, 0.3) is 5.91 Å². The van der Waals surface area contributed by atoms with Gasteiger partial charge in [-0.3, -0.25) is 14.0 Å². The van der Waals surface area contributed by atoms with E-state index in [1.165, 1.54) is 18.5 Å². The second-order valence-corrected chi connectivity index (χ2v) is 7.70. The first-order chi connectivity index (χ1) is 14.2. The molecule has 0 saturated heterocycles. The van der Waals surface area contributed by atoms with Gasteiger partial charge in [0.2, 0.25) is 0 Å². The van der Waals surface area contributed by atoms with E-state index in [9.17, 15) is 22.2 Å². The highest BCUT2D eigenvalue weighted by Crippen LogP contribution is 2.26. The first-order valence-electron chi connectivity index (χ1n) is 8.81. The maximum atomic E-state index is 12.9. The van der Waals surface area contributed by atoms with Crippen molar-refractivity contribution in [2.75, 3.05) is 11.9 Å². The van der Waals surface area contributed by atoms with Gasteiger partial charge in [-0.15, -0.1) is 0 Å². The van der Waals surface area contributed by atoms with Gasteiger partial charge in [-0.25, -0.2) is 0 Å². The number of alkyl halides is 3. The van der Waals surface area contributed by atoms with E-state index in [0.29, 0.717) is 22.5 Å². The van der Waals surface area contributed by atoms with Crippen LogP contribution in [-0.4, -0.2) is 32.9 Å². The fourth-order valence-electron chi connectivity index (χ4n) is 2.64. The number of benzene rings is 1. The van der Waals surface area contributed by atoms with Crippen molar-refractivity contribution < 1.29 is 26.9 Å². The van der Waals surface area contributed by atoms with Crippen LogP contribution in [0.15, 0.2) is 59.9 Å². The zero-order valence-corrected chi connectivity index (χ0v) is 16.6. The van der Waals surface area contributed by atoms with Crippen molar-refractivity contribution in [3.63, 3.8) is 0 Å². The van der Waals surface area contributed by atoms with Gasteiger partial charge in [-0.1, -0.05) is 18.2 Å². The number of pyridine rings is 1. The summed E-state index contributed by atoms with van der Waals surface area (Å²) in [6, 6.07) is 11.5. The minimum atomic E-state index is -4.46. The van der Waals surface area contributed by atoms with Crippen LogP contribution >= 0.6 is 0 Å². The summed E-state index contributed by atoms with van der Waals surface area (Å²) in [5.74, 6) is -0.396. The summed E-state index contributed by atoms with van der Waals surface area (Å²) < 4.78 is 54.9. The molecule has 1 amide bonds. The lowest BCUT2D eigenvalue weighted by atomic mass is 10.2. The first kappa shape index (κ1) is 21.6. The highest BCUT2D eigenvalue weighted by molar-refractivity contribution is 7.84. The van der Waals surface area contributed by atoms with Crippen molar-refractivity contribution in [3.05, 3.63) is 71.7 Å². The molecule has 6 nitrogen and oxygen atoms in total. The van der Waals surface area contributed by atoms with E-state index >= 15 is 0 Å². The number of hydrogen-bond acceptors (Lipinski definition) is 4. The molecule has 0 spiro atoms. The van der Waals surface area contributed by atoms with Crippen molar-refractivity contribution in [2.45, 2.75) is 23.9 Å². The molecular weight excluding hydrogens is 419 g/mol. The molecule has 158 valence electrons. The minimum Gasteiger partial charge on any atom is -0.484 e. The lowest BCUT2D eigenvalue weighted by Gasteiger charge is -2.13. The molecule has 0 aliphatic carbocycles. The number of anilines is 1. The topological polar surface area (TPSA) is 84.1 Å². The van der Waals surface area contributed by atoms with Crippen molar-refractivity contribution in [1.29, 1.82) is 0 Å².